The number of nitrogens with one attached hydrogen (secondary N) is 2. The summed E-state index contributed by atoms with van der Waals surface area (Å²) < 4.78 is 0. The van der Waals surface area contributed by atoms with Gasteiger partial charge < -0.3 is 10.6 Å². The first-order valence-corrected chi connectivity index (χ1v) is 7.21. The molecule has 1 aliphatic heterocycles. The molecule has 1 heterocycles. The second-order valence-electron chi connectivity index (χ2n) is 6.65. The zero-order valence-electron chi connectivity index (χ0n) is 11.6. The van der Waals surface area contributed by atoms with Crippen LogP contribution in [0.2, 0.25) is 0 Å². The van der Waals surface area contributed by atoms with Gasteiger partial charge in [0.2, 0.25) is 0 Å². The first-order chi connectivity index (χ1) is 8.62. The first kappa shape index (κ1) is 12.0. The highest BCUT2D eigenvalue weighted by atomic mass is 14.9. The molecule has 0 aromatic heterocycles. The van der Waals surface area contributed by atoms with Crippen molar-refractivity contribution < 1.29 is 0 Å². The fourth-order valence-electron chi connectivity index (χ4n) is 3.34. The van der Waals surface area contributed by atoms with E-state index in [-0.39, 0.29) is 0 Å². The molecule has 1 saturated carbocycles. The van der Waals surface area contributed by atoms with E-state index in [2.05, 4.69) is 42.7 Å². The molecule has 1 aromatic rings. The summed E-state index contributed by atoms with van der Waals surface area (Å²) >= 11 is 0. The molecule has 0 radical (unpaired) electrons. The van der Waals surface area contributed by atoms with Gasteiger partial charge in [0, 0.05) is 24.8 Å². The van der Waals surface area contributed by atoms with Crippen LogP contribution in [0.4, 0.5) is 5.69 Å². The number of benzene rings is 1. The fourth-order valence-corrected chi connectivity index (χ4v) is 3.34. The van der Waals surface area contributed by atoms with E-state index in [4.69, 9.17) is 0 Å². The Morgan fingerprint density at radius 3 is 3.06 bits per heavy atom. The molecule has 3 rings (SSSR count). The molecule has 2 heteroatoms. The lowest BCUT2D eigenvalue weighted by molar-refractivity contribution is 0.364. The van der Waals surface area contributed by atoms with E-state index in [1.807, 2.05) is 0 Å². The average Bonchev–Trinajstić information content (AvgIpc) is 2.92. The van der Waals surface area contributed by atoms with Crippen molar-refractivity contribution in [2.24, 2.45) is 5.41 Å². The minimum Gasteiger partial charge on any atom is -0.384 e. The molecule has 1 fully saturated rings. The monoisotopic (exact) mass is 244 g/mol. The van der Waals surface area contributed by atoms with Gasteiger partial charge in [-0.15, -0.1) is 0 Å². The van der Waals surface area contributed by atoms with Crippen LogP contribution in [0.25, 0.3) is 0 Å². The SMILES string of the molecule is CC1(C)CCC(NCc2ccc3c(c2)CCN3)C1. The number of hydrogen-bond donors (Lipinski definition) is 2. The van der Waals surface area contributed by atoms with Gasteiger partial charge in [-0.1, -0.05) is 26.0 Å². The van der Waals surface area contributed by atoms with Crippen LogP contribution >= 0.6 is 0 Å². The molecule has 1 unspecified atom stereocenters. The van der Waals surface area contributed by atoms with Gasteiger partial charge in [0.1, 0.15) is 0 Å². The summed E-state index contributed by atoms with van der Waals surface area (Å²) in [6.45, 7) is 6.89. The molecule has 0 spiro atoms. The molecule has 2 aliphatic rings. The Bertz CT molecular complexity index is 437. The number of fused-ring (bicyclic) bond motifs is 1. The summed E-state index contributed by atoms with van der Waals surface area (Å²) in [7, 11) is 0. The normalized spacial score (nSPS) is 24.9. The Kier molecular flexibility index (Phi) is 3.06. The van der Waals surface area contributed by atoms with Gasteiger partial charge in [0.25, 0.3) is 0 Å². The topological polar surface area (TPSA) is 24.1 Å². The minimum absolute atomic E-state index is 0.541. The first-order valence-electron chi connectivity index (χ1n) is 7.21. The van der Waals surface area contributed by atoms with Crippen LogP contribution in [0.5, 0.6) is 0 Å². The molecular weight excluding hydrogens is 220 g/mol. The van der Waals surface area contributed by atoms with Gasteiger partial charge >= 0.3 is 0 Å². The van der Waals surface area contributed by atoms with E-state index >= 15 is 0 Å². The Morgan fingerprint density at radius 1 is 1.39 bits per heavy atom. The summed E-state index contributed by atoms with van der Waals surface area (Å²) in [6.07, 6.45) is 5.19. The van der Waals surface area contributed by atoms with Crippen molar-refractivity contribution in [1.29, 1.82) is 0 Å². The second kappa shape index (κ2) is 4.58. The molecule has 98 valence electrons. The maximum Gasteiger partial charge on any atom is 0.0373 e. The van der Waals surface area contributed by atoms with Crippen LogP contribution in [0, 0.1) is 5.41 Å². The molecule has 1 atom stereocenters. The molecule has 1 aromatic carbocycles. The number of anilines is 1. The highest BCUT2D eigenvalue weighted by molar-refractivity contribution is 5.56. The van der Waals surface area contributed by atoms with Gasteiger partial charge in [-0.05, 0) is 48.3 Å². The van der Waals surface area contributed by atoms with E-state index in [9.17, 15) is 0 Å². The summed E-state index contributed by atoms with van der Waals surface area (Å²) in [4.78, 5) is 0. The van der Waals surface area contributed by atoms with Gasteiger partial charge in [-0.2, -0.15) is 0 Å². The standard InChI is InChI=1S/C16H24N2/c1-16(2)7-5-14(10-16)18-11-12-3-4-15-13(9-12)6-8-17-15/h3-4,9,14,17-18H,5-8,10-11H2,1-2H3. The Morgan fingerprint density at radius 2 is 2.28 bits per heavy atom. The predicted molar refractivity (Wildman–Crippen MR) is 76.9 cm³/mol. The molecule has 1 aliphatic carbocycles. The minimum atomic E-state index is 0.541. The van der Waals surface area contributed by atoms with Gasteiger partial charge in [0.15, 0.2) is 0 Å². The lowest BCUT2D eigenvalue weighted by Gasteiger charge is -2.18. The molecule has 0 saturated heterocycles. The smallest absolute Gasteiger partial charge is 0.0373 e. The summed E-state index contributed by atoms with van der Waals surface area (Å²) in [5, 5.41) is 7.14. The predicted octanol–water partition coefficient (Wildman–Crippen LogP) is 3.32. The van der Waals surface area contributed by atoms with Crippen LogP contribution in [0.1, 0.15) is 44.2 Å². The van der Waals surface area contributed by atoms with E-state index in [0.29, 0.717) is 11.5 Å². The van der Waals surface area contributed by atoms with Gasteiger partial charge in [0.05, 0.1) is 0 Å². The van der Waals surface area contributed by atoms with Gasteiger partial charge in [-0.3, -0.25) is 0 Å². The van der Waals surface area contributed by atoms with Crippen molar-refractivity contribution in [2.75, 3.05) is 11.9 Å². The average molecular weight is 244 g/mol. The maximum absolute atomic E-state index is 3.72. The maximum atomic E-state index is 3.72. The molecular formula is C16H24N2. The van der Waals surface area contributed by atoms with Crippen LogP contribution in [-0.4, -0.2) is 12.6 Å². The van der Waals surface area contributed by atoms with E-state index in [1.165, 1.54) is 42.5 Å². The third-order valence-electron chi connectivity index (χ3n) is 4.44. The fraction of sp³-hybridized carbons (Fsp3) is 0.625. The van der Waals surface area contributed by atoms with E-state index in [0.717, 1.165) is 13.1 Å². The largest absolute Gasteiger partial charge is 0.384 e. The van der Waals surface area contributed by atoms with Crippen LogP contribution in [0.3, 0.4) is 0 Å². The molecule has 2 N–H and O–H groups in total. The molecule has 0 amide bonds. The summed E-state index contributed by atoms with van der Waals surface area (Å²) in [6, 6.07) is 7.57. The van der Waals surface area contributed by atoms with Crippen LogP contribution in [0.15, 0.2) is 18.2 Å². The third kappa shape index (κ3) is 2.54. The van der Waals surface area contributed by atoms with Crippen molar-refractivity contribution in [3.63, 3.8) is 0 Å². The van der Waals surface area contributed by atoms with Crippen molar-refractivity contribution in [1.82, 2.24) is 5.32 Å². The number of rotatable bonds is 3. The van der Waals surface area contributed by atoms with Crippen molar-refractivity contribution in [2.45, 2.75) is 52.1 Å². The Balaban J connectivity index is 1.57. The lowest BCUT2D eigenvalue weighted by atomic mass is 9.92. The Hall–Kier alpha value is -1.02. The third-order valence-corrected chi connectivity index (χ3v) is 4.44. The zero-order chi connectivity index (χ0) is 12.6. The highest BCUT2D eigenvalue weighted by Gasteiger charge is 2.30. The van der Waals surface area contributed by atoms with E-state index < -0.39 is 0 Å². The van der Waals surface area contributed by atoms with Crippen LogP contribution < -0.4 is 10.6 Å². The Labute approximate surface area is 110 Å². The van der Waals surface area contributed by atoms with E-state index in [1.54, 1.807) is 0 Å². The van der Waals surface area contributed by atoms with Crippen molar-refractivity contribution in [3.8, 4) is 0 Å². The summed E-state index contributed by atoms with van der Waals surface area (Å²) in [5.74, 6) is 0. The van der Waals surface area contributed by atoms with Crippen molar-refractivity contribution >= 4 is 5.69 Å². The van der Waals surface area contributed by atoms with Crippen molar-refractivity contribution in [3.05, 3.63) is 29.3 Å². The molecule has 18 heavy (non-hydrogen) atoms. The van der Waals surface area contributed by atoms with Gasteiger partial charge in [-0.25, -0.2) is 0 Å². The van der Waals surface area contributed by atoms with Crippen LogP contribution in [-0.2, 0) is 13.0 Å². The second-order valence-corrected chi connectivity index (χ2v) is 6.65. The quantitative estimate of drug-likeness (QED) is 0.852. The molecule has 2 nitrogen and oxygen atoms in total. The highest BCUT2D eigenvalue weighted by Crippen LogP contribution is 2.37. The zero-order valence-corrected chi connectivity index (χ0v) is 11.6. The number of hydrogen-bond acceptors (Lipinski definition) is 2. The lowest BCUT2D eigenvalue weighted by Crippen LogP contribution is -2.26. The molecule has 0 bridgehead atoms. The summed E-state index contributed by atoms with van der Waals surface area (Å²) in [5.41, 5.74) is 4.79.